The van der Waals surface area contributed by atoms with Gasteiger partial charge in [0.05, 0.1) is 0 Å². The molecule has 20 heavy (non-hydrogen) atoms. The van der Waals surface area contributed by atoms with Gasteiger partial charge >= 0.3 is 0 Å². The van der Waals surface area contributed by atoms with Crippen LogP contribution in [0.1, 0.15) is 30.5 Å². The molecule has 1 aromatic rings. The molecule has 2 aliphatic rings. The lowest BCUT2D eigenvalue weighted by atomic mass is 10.2. The fourth-order valence-corrected chi connectivity index (χ4v) is 5.02. The van der Waals surface area contributed by atoms with E-state index in [1.165, 1.54) is 12.8 Å². The molecule has 0 spiro atoms. The van der Waals surface area contributed by atoms with Crippen molar-refractivity contribution in [1.82, 2.24) is 20.2 Å². The lowest BCUT2D eigenvalue weighted by Gasteiger charge is -2.12. The Hall–Kier alpha value is -0.570. The quantitative estimate of drug-likeness (QED) is 0.721. The molecule has 0 amide bonds. The topological polar surface area (TPSA) is 86.9 Å². The molecule has 2 fully saturated rings. The van der Waals surface area contributed by atoms with Gasteiger partial charge in [0, 0.05) is 35.6 Å². The van der Waals surface area contributed by atoms with Gasteiger partial charge in [0.1, 0.15) is 0 Å². The summed E-state index contributed by atoms with van der Waals surface area (Å²) in [5.74, 6) is 1.86. The number of H-pyrrole nitrogens is 1. The minimum Gasteiger partial charge on any atom is -0.310 e. The first-order valence-electron chi connectivity index (χ1n) is 6.93. The molecule has 6 nitrogen and oxygen atoms in total. The Labute approximate surface area is 123 Å². The molecule has 2 heterocycles. The first kappa shape index (κ1) is 14.4. The minimum atomic E-state index is -3.53. The van der Waals surface area contributed by atoms with Crippen molar-refractivity contribution in [3.63, 3.8) is 0 Å². The molecule has 1 atom stereocenters. The van der Waals surface area contributed by atoms with Crippen molar-refractivity contribution in [3.8, 4) is 0 Å². The maximum absolute atomic E-state index is 12.5. The van der Waals surface area contributed by atoms with Crippen molar-refractivity contribution >= 4 is 21.8 Å². The van der Waals surface area contributed by atoms with Crippen molar-refractivity contribution < 1.29 is 8.42 Å². The third-order valence-electron chi connectivity index (χ3n) is 3.69. The fraction of sp³-hybridized carbons (Fsp3) is 0.750. The Morgan fingerprint density at radius 1 is 1.35 bits per heavy atom. The van der Waals surface area contributed by atoms with E-state index in [-0.39, 0.29) is 11.1 Å². The number of aromatic nitrogens is 2. The summed E-state index contributed by atoms with van der Waals surface area (Å²) in [5, 5.41) is 10.3. The molecule has 1 saturated carbocycles. The number of rotatable bonds is 6. The maximum Gasteiger partial charge on any atom is 0.260 e. The molecule has 0 radical (unpaired) electrons. The second-order valence-electron chi connectivity index (χ2n) is 5.47. The molecule has 3 N–H and O–H groups in total. The van der Waals surface area contributed by atoms with E-state index in [1.807, 2.05) is 6.92 Å². The number of hydrogen-bond acceptors (Lipinski definition) is 5. The molecular formula is C12H20N4O2S2. The van der Waals surface area contributed by atoms with Gasteiger partial charge in [0.15, 0.2) is 5.03 Å². The number of nitrogens with zero attached hydrogens (tertiary/aromatic N) is 1. The lowest BCUT2D eigenvalue weighted by Crippen LogP contribution is -2.35. The summed E-state index contributed by atoms with van der Waals surface area (Å²) in [6, 6.07) is 0.574. The largest absolute Gasteiger partial charge is 0.310 e. The van der Waals surface area contributed by atoms with Gasteiger partial charge in [-0.1, -0.05) is 0 Å². The van der Waals surface area contributed by atoms with Crippen molar-refractivity contribution in [1.29, 1.82) is 0 Å². The highest BCUT2D eigenvalue weighted by molar-refractivity contribution is 7.99. The van der Waals surface area contributed by atoms with E-state index in [2.05, 4.69) is 20.2 Å². The van der Waals surface area contributed by atoms with Gasteiger partial charge in [0.2, 0.25) is 0 Å². The van der Waals surface area contributed by atoms with Crippen LogP contribution in [-0.2, 0) is 16.6 Å². The van der Waals surface area contributed by atoms with Crippen LogP contribution < -0.4 is 10.0 Å². The van der Waals surface area contributed by atoms with Crippen molar-refractivity contribution in [3.05, 3.63) is 11.3 Å². The first-order valence-corrected chi connectivity index (χ1v) is 9.57. The second-order valence-corrected chi connectivity index (χ2v) is 8.25. The second kappa shape index (κ2) is 5.67. The fourth-order valence-electron chi connectivity index (χ4n) is 2.30. The highest BCUT2D eigenvalue weighted by atomic mass is 32.2. The number of aromatic amines is 1. The van der Waals surface area contributed by atoms with E-state index >= 15 is 0 Å². The van der Waals surface area contributed by atoms with E-state index < -0.39 is 10.0 Å². The summed E-state index contributed by atoms with van der Waals surface area (Å²) < 4.78 is 27.7. The summed E-state index contributed by atoms with van der Waals surface area (Å²) in [4.78, 5) is 0. The molecule has 1 aromatic heterocycles. The first-order chi connectivity index (χ1) is 9.56. The predicted molar refractivity (Wildman–Crippen MR) is 79.2 cm³/mol. The Balaban J connectivity index is 1.76. The van der Waals surface area contributed by atoms with E-state index in [0.29, 0.717) is 12.6 Å². The van der Waals surface area contributed by atoms with Crippen LogP contribution in [0.15, 0.2) is 5.03 Å². The van der Waals surface area contributed by atoms with Gasteiger partial charge in [-0.3, -0.25) is 5.10 Å². The molecule has 1 saturated heterocycles. The Kier molecular flexibility index (Phi) is 4.07. The molecule has 3 rings (SSSR count). The molecule has 8 heteroatoms. The van der Waals surface area contributed by atoms with Gasteiger partial charge in [-0.25, -0.2) is 13.1 Å². The lowest BCUT2D eigenvalue weighted by molar-refractivity contribution is 0.556. The van der Waals surface area contributed by atoms with E-state index in [9.17, 15) is 8.42 Å². The smallest absolute Gasteiger partial charge is 0.260 e. The van der Waals surface area contributed by atoms with E-state index in [4.69, 9.17) is 0 Å². The van der Waals surface area contributed by atoms with Crippen LogP contribution in [0.3, 0.4) is 0 Å². The monoisotopic (exact) mass is 316 g/mol. The van der Waals surface area contributed by atoms with Crippen molar-refractivity contribution in [2.45, 2.75) is 49.8 Å². The van der Waals surface area contributed by atoms with Gasteiger partial charge in [-0.2, -0.15) is 16.9 Å². The molecule has 1 aliphatic carbocycles. The standard InChI is InChI=1S/C12H20N4O2S2/c1-8-11(6-13-9-2-3-9)12(15-14-8)20(17,18)16-10-4-5-19-7-10/h9-10,13,16H,2-7H2,1H3,(H,14,15). The number of nitrogens with one attached hydrogen (secondary N) is 3. The zero-order chi connectivity index (χ0) is 14.2. The van der Waals surface area contributed by atoms with Gasteiger partial charge in [-0.15, -0.1) is 0 Å². The summed E-state index contributed by atoms with van der Waals surface area (Å²) in [6.45, 7) is 2.42. The highest BCUT2D eigenvalue weighted by Gasteiger charge is 2.29. The summed E-state index contributed by atoms with van der Waals surface area (Å²) in [5.41, 5.74) is 1.58. The zero-order valence-corrected chi connectivity index (χ0v) is 13.1. The Bertz CT molecular complexity index is 574. The summed E-state index contributed by atoms with van der Waals surface area (Å²) in [7, 11) is -3.53. The van der Waals surface area contributed by atoms with Crippen LogP contribution in [-0.4, -0.2) is 42.2 Å². The van der Waals surface area contributed by atoms with Crippen LogP contribution in [0.4, 0.5) is 0 Å². The molecule has 112 valence electrons. The number of hydrogen-bond donors (Lipinski definition) is 3. The third-order valence-corrected chi connectivity index (χ3v) is 6.34. The average molecular weight is 316 g/mol. The van der Waals surface area contributed by atoms with Gasteiger partial charge in [-0.05, 0) is 31.9 Å². The Morgan fingerprint density at radius 3 is 2.80 bits per heavy atom. The molecule has 1 unspecified atom stereocenters. The van der Waals surface area contributed by atoms with Crippen molar-refractivity contribution in [2.24, 2.45) is 0 Å². The minimum absolute atomic E-state index is 0.0336. The average Bonchev–Trinajstić information content (AvgIpc) is 2.94. The van der Waals surface area contributed by atoms with Crippen LogP contribution in [0.25, 0.3) is 0 Å². The molecule has 0 bridgehead atoms. The van der Waals surface area contributed by atoms with Crippen LogP contribution in [0, 0.1) is 6.92 Å². The molecule has 0 aromatic carbocycles. The normalized spacial score (nSPS) is 23.4. The van der Waals surface area contributed by atoms with E-state index in [1.54, 1.807) is 11.8 Å². The SMILES string of the molecule is Cc1[nH]nc(S(=O)(=O)NC2CCSC2)c1CNC1CC1. The van der Waals surface area contributed by atoms with Crippen molar-refractivity contribution in [2.75, 3.05) is 11.5 Å². The number of thioether (sulfide) groups is 1. The van der Waals surface area contributed by atoms with Crippen LogP contribution >= 0.6 is 11.8 Å². The highest BCUT2D eigenvalue weighted by Crippen LogP contribution is 2.23. The van der Waals surface area contributed by atoms with Crippen LogP contribution in [0.2, 0.25) is 0 Å². The third kappa shape index (κ3) is 3.19. The van der Waals surface area contributed by atoms with Crippen LogP contribution in [0.5, 0.6) is 0 Å². The van der Waals surface area contributed by atoms with Gasteiger partial charge < -0.3 is 5.32 Å². The van der Waals surface area contributed by atoms with Gasteiger partial charge in [0.25, 0.3) is 10.0 Å². The number of aryl methyl sites for hydroxylation is 1. The zero-order valence-electron chi connectivity index (χ0n) is 11.5. The number of sulfonamides is 1. The predicted octanol–water partition coefficient (Wildman–Crippen LogP) is 0.754. The summed E-state index contributed by atoms with van der Waals surface area (Å²) in [6.07, 6.45) is 3.25. The summed E-state index contributed by atoms with van der Waals surface area (Å²) >= 11 is 1.78. The van der Waals surface area contributed by atoms with E-state index in [0.717, 1.165) is 29.2 Å². The maximum atomic E-state index is 12.5. The molecule has 1 aliphatic heterocycles. The Morgan fingerprint density at radius 2 is 2.15 bits per heavy atom. The molecular weight excluding hydrogens is 296 g/mol.